The lowest BCUT2D eigenvalue weighted by molar-refractivity contribution is -0.138. The van der Waals surface area contributed by atoms with E-state index < -0.39 is 5.97 Å². The van der Waals surface area contributed by atoms with Gasteiger partial charge in [-0.15, -0.1) is 0 Å². The Morgan fingerprint density at radius 2 is 2.29 bits per heavy atom. The first-order valence-corrected chi connectivity index (χ1v) is 2.21. The molecule has 1 rings (SSSR count). The summed E-state index contributed by atoms with van der Waals surface area (Å²) in [6.07, 6.45) is 3.28. The monoisotopic (exact) mass is 97.0 g/mol. The number of rotatable bonds is 1. The molecule has 0 aromatic carbocycles. The predicted octanol–water partition coefficient (Wildman–Crippen LogP) is 0.664. The van der Waals surface area contributed by atoms with Crippen LogP contribution in [-0.2, 0) is 9.90 Å². The highest BCUT2D eigenvalue weighted by atomic mass is 16.4. The third-order valence-corrected chi connectivity index (χ3v) is 1.07. The van der Waals surface area contributed by atoms with Gasteiger partial charge in [0.1, 0.15) is 0 Å². The van der Waals surface area contributed by atoms with Crippen LogP contribution in [0.2, 0.25) is 0 Å². The molecule has 0 amide bonds. The summed E-state index contributed by atoms with van der Waals surface area (Å²) in [4.78, 5) is 9.80. The fourth-order valence-corrected chi connectivity index (χ4v) is 0.474. The molecule has 0 atom stereocenters. The lowest BCUT2D eigenvalue weighted by Gasteiger charge is -2.05. The first kappa shape index (κ1) is 4.37. The summed E-state index contributed by atoms with van der Waals surface area (Å²) in [7, 11) is 0. The number of hydrogen-bond donors (Lipinski definition) is 0. The molecule has 0 aromatic rings. The van der Waals surface area contributed by atoms with Crippen LogP contribution in [-0.4, -0.2) is 5.97 Å². The maximum Gasteiger partial charge on any atom is 0.382 e. The van der Waals surface area contributed by atoms with Crippen molar-refractivity contribution in [2.24, 2.45) is 0 Å². The van der Waals surface area contributed by atoms with Gasteiger partial charge in [-0.05, 0) is 12.8 Å². The second-order valence-electron chi connectivity index (χ2n) is 1.56. The summed E-state index contributed by atoms with van der Waals surface area (Å²) in [6.45, 7) is 0. The quantitative estimate of drug-likeness (QED) is 0.473. The molecule has 37 valence electrons. The van der Waals surface area contributed by atoms with E-state index in [1.54, 1.807) is 6.08 Å². The van der Waals surface area contributed by atoms with Crippen molar-refractivity contribution in [3.05, 3.63) is 11.6 Å². The van der Waals surface area contributed by atoms with Crippen molar-refractivity contribution in [3.8, 4) is 0 Å². The summed E-state index contributed by atoms with van der Waals surface area (Å²) in [5.41, 5.74) is 0.458. The van der Waals surface area contributed by atoms with E-state index >= 15 is 0 Å². The average molecular weight is 97.1 g/mol. The van der Waals surface area contributed by atoms with E-state index in [0.717, 1.165) is 6.42 Å². The highest BCUT2D eigenvalue weighted by molar-refractivity contribution is 5.87. The third kappa shape index (κ3) is 0.633. The van der Waals surface area contributed by atoms with Crippen molar-refractivity contribution in [3.63, 3.8) is 0 Å². The summed E-state index contributed by atoms with van der Waals surface area (Å²) in [5, 5.41) is 9.80. The van der Waals surface area contributed by atoms with E-state index in [-0.39, 0.29) is 0 Å². The Kier molecular flexibility index (Phi) is 0.855. The molecule has 0 bridgehead atoms. The molecule has 2 heteroatoms. The van der Waals surface area contributed by atoms with E-state index in [2.05, 4.69) is 0 Å². The highest BCUT2D eigenvalue weighted by Gasteiger charge is 2.13. The molecule has 0 spiro atoms. The second kappa shape index (κ2) is 1.37. The smallest absolute Gasteiger partial charge is 0.242 e. The Morgan fingerprint density at radius 3 is 2.29 bits per heavy atom. The highest BCUT2D eigenvalue weighted by Crippen LogP contribution is 2.16. The standard InChI is InChI=1S/C5H5O2/c6-5(7)4-2-1-3-4/h2H,1,3H2. The molecule has 0 saturated heterocycles. The zero-order valence-electron chi connectivity index (χ0n) is 3.81. The molecule has 1 aliphatic carbocycles. The van der Waals surface area contributed by atoms with Gasteiger partial charge in [0.2, 0.25) is 0 Å². The van der Waals surface area contributed by atoms with Crippen LogP contribution in [0.4, 0.5) is 0 Å². The van der Waals surface area contributed by atoms with E-state index in [0.29, 0.717) is 12.0 Å². The molecule has 7 heavy (non-hydrogen) atoms. The zero-order chi connectivity index (χ0) is 5.28. The minimum atomic E-state index is -1.01. The second-order valence-corrected chi connectivity index (χ2v) is 1.56. The van der Waals surface area contributed by atoms with Gasteiger partial charge in [-0.1, -0.05) is 6.08 Å². The number of carbonyl (C=O) groups is 1. The van der Waals surface area contributed by atoms with Crippen LogP contribution in [0.5, 0.6) is 0 Å². The molecular weight excluding hydrogens is 92.1 g/mol. The minimum Gasteiger partial charge on any atom is -0.242 e. The Hall–Kier alpha value is -0.790. The van der Waals surface area contributed by atoms with E-state index in [9.17, 15) is 9.90 Å². The molecule has 0 aromatic heterocycles. The van der Waals surface area contributed by atoms with Crippen LogP contribution in [0, 0.1) is 0 Å². The van der Waals surface area contributed by atoms with Gasteiger partial charge < -0.3 is 0 Å². The number of carbonyl (C=O) groups excluding carboxylic acids is 1. The number of hydrogen-bond acceptors (Lipinski definition) is 1. The van der Waals surface area contributed by atoms with E-state index in [1.807, 2.05) is 0 Å². The molecule has 1 radical (unpaired) electrons. The summed E-state index contributed by atoms with van der Waals surface area (Å²) in [5.74, 6) is -1.01. The van der Waals surface area contributed by atoms with Gasteiger partial charge in [0.05, 0.1) is 0 Å². The molecule has 0 saturated carbocycles. The Bertz CT molecular complexity index is 124. The van der Waals surface area contributed by atoms with E-state index in [4.69, 9.17) is 0 Å². The topological polar surface area (TPSA) is 37.0 Å². The molecule has 0 N–H and O–H groups in total. The van der Waals surface area contributed by atoms with Crippen LogP contribution < -0.4 is 0 Å². The van der Waals surface area contributed by atoms with E-state index in [1.165, 1.54) is 0 Å². The molecule has 0 heterocycles. The SMILES string of the molecule is [O]C(=O)C1=CCC1. The summed E-state index contributed by atoms with van der Waals surface area (Å²) < 4.78 is 0. The molecule has 0 aliphatic heterocycles. The maximum atomic E-state index is 9.80. The normalized spacial score (nSPS) is 17.4. The van der Waals surface area contributed by atoms with Crippen LogP contribution in [0.3, 0.4) is 0 Å². The molecule has 2 nitrogen and oxygen atoms in total. The predicted molar refractivity (Wildman–Crippen MR) is 23.0 cm³/mol. The zero-order valence-corrected chi connectivity index (χ0v) is 3.81. The largest absolute Gasteiger partial charge is 0.382 e. The van der Waals surface area contributed by atoms with Gasteiger partial charge in [0, 0.05) is 5.57 Å². The van der Waals surface area contributed by atoms with Gasteiger partial charge in [0.25, 0.3) is 0 Å². The van der Waals surface area contributed by atoms with Gasteiger partial charge in [-0.25, -0.2) is 9.90 Å². The van der Waals surface area contributed by atoms with Gasteiger partial charge in [-0.2, -0.15) is 0 Å². The Morgan fingerprint density at radius 1 is 1.71 bits per heavy atom. The van der Waals surface area contributed by atoms with Crippen LogP contribution >= 0.6 is 0 Å². The maximum absolute atomic E-state index is 9.80. The lowest BCUT2D eigenvalue weighted by atomic mass is 10.00. The van der Waals surface area contributed by atoms with Crippen LogP contribution in [0.25, 0.3) is 0 Å². The third-order valence-electron chi connectivity index (χ3n) is 1.07. The summed E-state index contributed by atoms with van der Waals surface area (Å²) in [6, 6.07) is 0. The van der Waals surface area contributed by atoms with Gasteiger partial charge in [0.15, 0.2) is 0 Å². The van der Waals surface area contributed by atoms with Crippen molar-refractivity contribution < 1.29 is 9.90 Å². The molecule has 0 fully saturated rings. The van der Waals surface area contributed by atoms with Crippen LogP contribution in [0.15, 0.2) is 11.6 Å². The van der Waals surface area contributed by atoms with Crippen molar-refractivity contribution >= 4 is 5.97 Å². The lowest BCUT2D eigenvalue weighted by Crippen LogP contribution is -2.04. The fraction of sp³-hybridized carbons (Fsp3) is 0.400. The van der Waals surface area contributed by atoms with Crippen molar-refractivity contribution in [1.82, 2.24) is 0 Å². The van der Waals surface area contributed by atoms with Crippen LogP contribution in [0.1, 0.15) is 12.8 Å². The Labute approximate surface area is 41.5 Å². The van der Waals surface area contributed by atoms with Crippen molar-refractivity contribution in [2.75, 3.05) is 0 Å². The first-order chi connectivity index (χ1) is 3.30. The molecular formula is C5H5O2. The molecule has 1 aliphatic rings. The number of allylic oxidation sites excluding steroid dienone is 1. The van der Waals surface area contributed by atoms with Gasteiger partial charge in [-0.3, -0.25) is 0 Å². The first-order valence-electron chi connectivity index (χ1n) is 2.21. The fourth-order valence-electron chi connectivity index (χ4n) is 0.474. The minimum absolute atomic E-state index is 0.458. The summed E-state index contributed by atoms with van der Waals surface area (Å²) >= 11 is 0. The van der Waals surface area contributed by atoms with Gasteiger partial charge >= 0.3 is 5.97 Å². The van der Waals surface area contributed by atoms with Crippen molar-refractivity contribution in [1.29, 1.82) is 0 Å². The Balaban J connectivity index is 2.57. The molecule has 0 unspecified atom stereocenters. The average Bonchev–Trinajstić information content (AvgIpc) is 1.23. The van der Waals surface area contributed by atoms with Crippen molar-refractivity contribution in [2.45, 2.75) is 12.8 Å².